The third kappa shape index (κ3) is 3.52. The first kappa shape index (κ1) is 22.1. The molecule has 5 rings (SSSR count). The Hall–Kier alpha value is -3.72. The molecule has 9 heteroatoms. The maximum atomic E-state index is 12.2. The Morgan fingerprint density at radius 2 is 1.74 bits per heavy atom. The highest BCUT2D eigenvalue weighted by Crippen LogP contribution is 2.41. The fourth-order valence-electron chi connectivity index (χ4n) is 4.42. The zero-order valence-electron chi connectivity index (χ0n) is 19.4. The number of hydrogen-bond donors (Lipinski definition) is 1. The minimum Gasteiger partial charge on any atom is -0.481 e. The monoisotopic (exact) mass is 472 g/mol. The van der Waals surface area contributed by atoms with E-state index in [1.165, 1.54) is 11.2 Å². The van der Waals surface area contributed by atoms with Crippen molar-refractivity contribution < 1.29 is 9.90 Å². The van der Waals surface area contributed by atoms with Crippen LogP contribution in [0.3, 0.4) is 0 Å². The van der Waals surface area contributed by atoms with Crippen LogP contribution in [-0.2, 0) is 4.79 Å². The van der Waals surface area contributed by atoms with Gasteiger partial charge in [-0.2, -0.15) is 0 Å². The molecule has 0 bridgehead atoms. The van der Waals surface area contributed by atoms with Gasteiger partial charge < -0.3 is 5.11 Å². The molecule has 172 valence electrons. The van der Waals surface area contributed by atoms with Crippen molar-refractivity contribution in [2.75, 3.05) is 0 Å². The highest BCUT2D eigenvalue weighted by atomic mass is 32.1. The van der Waals surface area contributed by atoms with E-state index in [1.54, 1.807) is 23.7 Å². The lowest BCUT2D eigenvalue weighted by molar-refractivity contribution is -0.142. The van der Waals surface area contributed by atoms with Gasteiger partial charge in [-0.1, -0.05) is 31.2 Å². The van der Waals surface area contributed by atoms with Crippen LogP contribution in [0.25, 0.3) is 16.1 Å². The molecule has 0 saturated heterocycles. The molecule has 0 aliphatic carbocycles. The van der Waals surface area contributed by atoms with Crippen molar-refractivity contribution >= 4 is 23.0 Å². The van der Waals surface area contributed by atoms with Crippen LogP contribution in [0, 0.1) is 26.7 Å². The van der Waals surface area contributed by atoms with Crippen LogP contribution in [0.15, 0.2) is 48.0 Å². The summed E-state index contributed by atoms with van der Waals surface area (Å²) in [5, 5.41) is 19.7. The van der Waals surface area contributed by atoms with Crippen LogP contribution in [-0.4, -0.2) is 41.5 Å². The minimum atomic E-state index is -0.889. The van der Waals surface area contributed by atoms with Crippen molar-refractivity contribution in [1.82, 2.24) is 24.7 Å². The standard InChI is InChI=1S/C25H24N6O2S/c1-5-19(25(32)33)22-23-30-29-15(4)31(23)24-20(13(2)14(3)34-24)21(28-22)17-8-6-16(7-9-17)18-10-26-12-27-11-18/h6-12,19,22H,5H2,1-4H3,(H,32,33)/t19-,22?/m0/s1. The number of carbonyl (C=O) groups is 1. The average Bonchev–Trinajstić information content (AvgIpc) is 3.31. The van der Waals surface area contributed by atoms with Gasteiger partial charge in [0.1, 0.15) is 23.2 Å². The van der Waals surface area contributed by atoms with Gasteiger partial charge in [0.25, 0.3) is 0 Å². The molecule has 1 aliphatic heterocycles. The number of aryl methyl sites for hydroxylation is 2. The Balaban J connectivity index is 1.73. The third-order valence-electron chi connectivity index (χ3n) is 6.38. The van der Waals surface area contributed by atoms with Crippen LogP contribution < -0.4 is 0 Å². The van der Waals surface area contributed by atoms with E-state index in [1.807, 2.05) is 42.7 Å². The fraction of sp³-hybridized carbons (Fsp3) is 0.280. The number of hydrogen-bond acceptors (Lipinski definition) is 7. The van der Waals surface area contributed by atoms with Crippen LogP contribution in [0.4, 0.5) is 0 Å². The second-order valence-electron chi connectivity index (χ2n) is 8.38. The number of benzene rings is 1. The first-order chi connectivity index (χ1) is 16.4. The van der Waals surface area contributed by atoms with Gasteiger partial charge in [0.05, 0.1) is 11.6 Å². The maximum absolute atomic E-state index is 12.2. The molecule has 8 nitrogen and oxygen atoms in total. The molecule has 0 amide bonds. The zero-order chi connectivity index (χ0) is 24.0. The molecular formula is C25H24N6O2S. The highest BCUT2D eigenvalue weighted by Gasteiger charge is 2.37. The normalized spacial score (nSPS) is 15.8. The van der Waals surface area contributed by atoms with Crippen molar-refractivity contribution in [3.05, 3.63) is 76.2 Å². The molecular weight excluding hydrogens is 448 g/mol. The molecule has 1 N–H and O–H groups in total. The largest absolute Gasteiger partial charge is 0.481 e. The number of nitrogens with zero attached hydrogens (tertiary/aromatic N) is 6. The predicted octanol–water partition coefficient (Wildman–Crippen LogP) is 4.71. The SMILES string of the molecule is CC[C@H](C(=O)O)C1N=C(c2ccc(-c3cncnc3)cc2)c2c(sc(C)c2C)-n2c(C)nnc21. The van der Waals surface area contributed by atoms with Crippen molar-refractivity contribution in [3.8, 4) is 16.1 Å². The van der Waals surface area contributed by atoms with E-state index in [0.717, 1.165) is 44.4 Å². The molecule has 34 heavy (non-hydrogen) atoms. The van der Waals surface area contributed by atoms with E-state index in [9.17, 15) is 9.90 Å². The second kappa shape index (κ2) is 8.57. The fourth-order valence-corrected chi connectivity index (χ4v) is 5.63. The van der Waals surface area contributed by atoms with Crippen LogP contribution in [0.2, 0.25) is 0 Å². The summed E-state index contributed by atoms with van der Waals surface area (Å²) in [6, 6.07) is 7.43. The quantitative estimate of drug-likeness (QED) is 0.451. The molecule has 3 aromatic heterocycles. The van der Waals surface area contributed by atoms with Crippen LogP contribution in [0.5, 0.6) is 0 Å². The zero-order valence-corrected chi connectivity index (χ0v) is 20.2. The molecule has 4 heterocycles. The van der Waals surface area contributed by atoms with E-state index in [4.69, 9.17) is 4.99 Å². The Kier molecular flexibility index (Phi) is 5.57. The van der Waals surface area contributed by atoms with Gasteiger partial charge in [0.2, 0.25) is 0 Å². The number of aromatic nitrogens is 5. The number of thiophene rings is 1. The number of aliphatic carboxylic acids is 1. The lowest BCUT2D eigenvalue weighted by atomic mass is 9.95. The lowest BCUT2D eigenvalue weighted by Gasteiger charge is -2.18. The summed E-state index contributed by atoms with van der Waals surface area (Å²) < 4.78 is 1.99. The average molecular weight is 473 g/mol. The Morgan fingerprint density at radius 3 is 2.38 bits per heavy atom. The summed E-state index contributed by atoms with van der Waals surface area (Å²) in [5.41, 5.74) is 5.76. The van der Waals surface area contributed by atoms with E-state index in [-0.39, 0.29) is 0 Å². The van der Waals surface area contributed by atoms with E-state index in [0.29, 0.717) is 12.2 Å². The maximum Gasteiger partial charge on any atom is 0.309 e. The number of fused-ring (bicyclic) bond motifs is 3. The van der Waals surface area contributed by atoms with E-state index < -0.39 is 17.9 Å². The Labute approximate surface area is 201 Å². The molecule has 1 aliphatic rings. The Morgan fingerprint density at radius 1 is 1.06 bits per heavy atom. The molecule has 0 radical (unpaired) electrons. The minimum absolute atomic E-state index is 0.432. The lowest BCUT2D eigenvalue weighted by Crippen LogP contribution is -2.23. The highest BCUT2D eigenvalue weighted by molar-refractivity contribution is 7.15. The molecule has 2 atom stereocenters. The first-order valence-electron chi connectivity index (χ1n) is 11.1. The smallest absolute Gasteiger partial charge is 0.309 e. The molecule has 0 saturated carbocycles. The van der Waals surface area contributed by atoms with Gasteiger partial charge in [-0.25, -0.2) is 9.97 Å². The van der Waals surface area contributed by atoms with Crippen LogP contribution >= 0.6 is 11.3 Å². The predicted molar refractivity (Wildman–Crippen MR) is 131 cm³/mol. The van der Waals surface area contributed by atoms with Crippen molar-refractivity contribution in [3.63, 3.8) is 0 Å². The number of carboxylic acid groups (broad SMARTS) is 1. The molecule has 1 unspecified atom stereocenters. The molecule has 4 aromatic rings. The van der Waals surface area contributed by atoms with Gasteiger partial charge in [0.15, 0.2) is 5.82 Å². The molecule has 1 aromatic carbocycles. The third-order valence-corrected chi connectivity index (χ3v) is 7.57. The summed E-state index contributed by atoms with van der Waals surface area (Å²) in [7, 11) is 0. The van der Waals surface area contributed by atoms with Gasteiger partial charge in [-0.3, -0.25) is 14.4 Å². The summed E-state index contributed by atoms with van der Waals surface area (Å²) in [6.45, 7) is 7.94. The molecule has 0 fully saturated rings. The van der Waals surface area contributed by atoms with Crippen molar-refractivity contribution in [1.29, 1.82) is 0 Å². The van der Waals surface area contributed by atoms with Crippen molar-refractivity contribution in [2.45, 2.75) is 40.2 Å². The Bertz CT molecular complexity index is 1410. The topological polar surface area (TPSA) is 106 Å². The van der Waals surface area contributed by atoms with Gasteiger partial charge in [-0.05, 0) is 38.3 Å². The van der Waals surface area contributed by atoms with E-state index >= 15 is 0 Å². The first-order valence-corrected chi connectivity index (χ1v) is 11.9. The van der Waals surface area contributed by atoms with Gasteiger partial charge in [-0.15, -0.1) is 21.5 Å². The number of carboxylic acids is 1. The van der Waals surface area contributed by atoms with Crippen LogP contribution in [0.1, 0.15) is 52.6 Å². The second-order valence-corrected chi connectivity index (χ2v) is 9.59. The summed E-state index contributed by atoms with van der Waals surface area (Å²) in [5.74, 6) is -0.310. The summed E-state index contributed by atoms with van der Waals surface area (Å²) in [6.07, 6.45) is 5.49. The number of rotatable bonds is 5. The number of aliphatic imine (C=N–C) groups is 1. The molecule has 0 spiro atoms. The van der Waals surface area contributed by atoms with Gasteiger partial charge in [0, 0.05) is 34.0 Å². The summed E-state index contributed by atoms with van der Waals surface area (Å²) >= 11 is 1.66. The van der Waals surface area contributed by atoms with Gasteiger partial charge >= 0.3 is 5.97 Å². The van der Waals surface area contributed by atoms with E-state index in [2.05, 4.69) is 34.0 Å². The van der Waals surface area contributed by atoms with Crippen molar-refractivity contribution in [2.24, 2.45) is 10.9 Å². The summed E-state index contributed by atoms with van der Waals surface area (Å²) in [4.78, 5) is 26.7.